The van der Waals surface area contributed by atoms with Crippen LogP contribution in [-0.4, -0.2) is 10.9 Å². The first kappa shape index (κ1) is 12.4. The largest absolute Gasteiger partial charge is 0.397 e. The van der Waals surface area contributed by atoms with Gasteiger partial charge in [0.1, 0.15) is 5.82 Å². The Hall–Kier alpha value is -0.620. The molecule has 1 aliphatic heterocycles. The number of hydrogen-bond acceptors (Lipinski definition) is 3. The second-order valence-electron chi connectivity index (χ2n) is 2.50. The molecule has 6 heteroatoms. The fraction of sp³-hybridized carbons (Fsp3) is 0.143. The molecule has 3 N–H and O–H groups in total. The molecule has 0 saturated carbocycles. The molecule has 0 fully saturated rings. The summed E-state index contributed by atoms with van der Waals surface area (Å²) >= 11 is 0. The van der Waals surface area contributed by atoms with Gasteiger partial charge in [-0.3, -0.25) is 4.79 Å². The first-order valence-corrected chi connectivity index (χ1v) is 3.30. The smallest absolute Gasteiger partial charge is 0.230 e. The van der Waals surface area contributed by atoms with Crippen LogP contribution in [0.25, 0.3) is 0 Å². The first-order chi connectivity index (χ1) is 5.25. The average molecular weight is 311 g/mol. The van der Waals surface area contributed by atoms with Gasteiger partial charge in [0.15, 0.2) is 0 Å². The molecule has 1 aromatic heterocycles. The highest BCUT2D eigenvalue weighted by molar-refractivity contribution is 8.93. The van der Waals surface area contributed by atoms with Gasteiger partial charge in [-0.15, -0.1) is 34.0 Å². The Bertz CT molecular complexity index is 330. The van der Waals surface area contributed by atoms with Gasteiger partial charge in [0.05, 0.1) is 18.3 Å². The van der Waals surface area contributed by atoms with E-state index in [0.717, 1.165) is 5.56 Å². The lowest BCUT2D eigenvalue weighted by atomic mass is 10.2. The van der Waals surface area contributed by atoms with E-state index >= 15 is 0 Å². The number of anilines is 2. The highest BCUT2D eigenvalue weighted by Gasteiger charge is 2.18. The Morgan fingerprint density at radius 2 is 2.15 bits per heavy atom. The maximum Gasteiger partial charge on any atom is 0.230 e. The van der Waals surface area contributed by atoms with Crippen molar-refractivity contribution < 1.29 is 4.79 Å². The Balaban J connectivity index is 0.000000720. The van der Waals surface area contributed by atoms with Crippen LogP contribution in [0.5, 0.6) is 0 Å². The number of nitrogens with zero attached hydrogens (tertiary/aromatic N) is 1. The summed E-state index contributed by atoms with van der Waals surface area (Å²) in [5.74, 6) is 0.627. The first-order valence-electron chi connectivity index (χ1n) is 3.30. The Kier molecular flexibility index (Phi) is 4.35. The van der Waals surface area contributed by atoms with Crippen molar-refractivity contribution in [2.45, 2.75) is 6.42 Å². The van der Waals surface area contributed by atoms with E-state index in [0.29, 0.717) is 17.9 Å². The minimum absolute atomic E-state index is 0. The molecule has 72 valence electrons. The summed E-state index contributed by atoms with van der Waals surface area (Å²) in [6.07, 6.45) is 1.93. The van der Waals surface area contributed by atoms with Crippen LogP contribution in [0.15, 0.2) is 12.3 Å². The van der Waals surface area contributed by atoms with Crippen molar-refractivity contribution >= 4 is 51.4 Å². The van der Waals surface area contributed by atoms with Crippen molar-refractivity contribution in [3.05, 3.63) is 17.8 Å². The minimum Gasteiger partial charge on any atom is -0.397 e. The highest BCUT2D eigenvalue weighted by Crippen LogP contribution is 2.21. The van der Waals surface area contributed by atoms with Crippen molar-refractivity contribution in [2.24, 2.45) is 0 Å². The molecule has 2 rings (SSSR count). The van der Waals surface area contributed by atoms with Crippen molar-refractivity contribution in [3.8, 4) is 0 Å². The molecule has 0 atom stereocenters. The van der Waals surface area contributed by atoms with Gasteiger partial charge >= 0.3 is 0 Å². The fourth-order valence-electron chi connectivity index (χ4n) is 1.13. The number of nitrogens with one attached hydrogen (secondary N) is 1. The standard InChI is InChI=1S/C7H7N3O.2BrH/c8-5-1-4-2-6(11)10-7(4)9-3-5;;/h1,3H,2,8H2,(H,9,10,11);2*1H. The Morgan fingerprint density at radius 1 is 1.46 bits per heavy atom. The van der Waals surface area contributed by atoms with E-state index in [4.69, 9.17) is 5.73 Å². The van der Waals surface area contributed by atoms with Crippen molar-refractivity contribution in [2.75, 3.05) is 11.1 Å². The van der Waals surface area contributed by atoms with Gasteiger partial charge < -0.3 is 11.1 Å². The molecule has 0 saturated heterocycles. The topological polar surface area (TPSA) is 68.0 Å². The van der Waals surface area contributed by atoms with Gasteiger partial charge in [0.2, 0.25) is 5.91 Å². The molecule has 1 aromatic rings. The number of nitrogen functional groups attached to an aromatic ring is 1. The van der Waals surface area contributed by atoms with E-state index in [1.807, 2.05) is 0 Å². The number of rotatable bonds is 0. The molecule has 0 aromatic carbocycles. The summed E-state index contributed by atoms with van der Waals surface area (Å²) in [6.45, 7) is 0. The predicted octanol–water partition coefficient (Wildman–Crippen LogP) is 1.31. The number of nitrogens with two attached hydrogens (primary N) is 1. The van der Waals surface area contributed by atoms with Crippen LogP contribution in [0.4, 0.5) is 11.5 Å². The molecule has 0 spiro atoms. The molecular weight excluding hydrogens is 302 g/mol. The third-order valence-electron chi connectivity index (χ3n) is 1.60. The Labute approximate surface area is 96.5 Å². The zero-order valence-corrected chi connectivity index (χ0v) is 10.0. The van der Waals surface area contributed by atoms with Crippen LogP contribution in [-0.2, 0) is 11.2 Å². The zero-order chi connectivity index (χ0) is 7.84. The molecule has 0 radical (unpaired) electrons. The summed E-state index contributed by atoms with van der Waals surface area (Å²) in [5, 5.41) is 2.62. The van der Waals surface area contributed by atoms with Crippen LogP contribution in [0.3, 0.4) is 0 Å². The molecule has 0 aliphatic carbocycles. The number of fused-ring (bicyclic) bond motifs is 1. The van der Waals surface area contributed by atoms with Crippen LogP contribution in [0, 0.1) is 0 Å². The van der Waals surface area contributed by atoms with E-state index in [-0.39, 0.29) is 39.9 Å². The van der Waals surface area contributed by atoms with Gasteiger partial charge in [0, 0.05) is 5.56 Å². The third kappa shape index (κ3) is 2.41. The number of pyridine rings is 1. The van der Waals surface area contributed by atoms with E-state index < -0.39 is 0 Å². The van der Waals surface area contributed by atoms with Crippen molar-refractivity contribution in [3.63, 3.8) is 0 Å². The maximum atomic E-state index is 10.8. The SMILES string of the molecule is Br.Br.Nc1cnc2c(c1)CC(=O)N2. The lowest BCUT2D eigenvalue weighted by molar-refractivity contribution is -0.115. The summed E-state index contributed by atoms with van der Waals surface area (Å²) in [4.78, 5) is 14.8. The van der Waals surface area contributed by atoms with Gasteiger partial charge in [-0.25, -0.2) is 4.98 Å². The number of carbonyl (C=O) groups excluding carboxylic acids is 1. The monoisotopic (exact) mass is 309 g/mol. The fourth-order valence-corrected chi connectivity index (χ4v) is 1.13. The zero-order valence-electron chi connectivity index (χ0n) is 6.61. The minimum atomic E-state index is -0.0156. The molecule has 1 amide bonds. The Morgan fingerprint density at radius 3 is 2.85 bits per heavy atom. The van der Waals surface area contributed by atoms with Gasteiger partial charge in [-0.05, 0) is 6.07 Å². The quantitative estimate of drug-likeness (QED) is 0.759. The molecule has 13 heavy (non-hydrogen) atoms. The number of hydrogen-bond donors (Lipinski definition) is 2. The molecule has 0 bridgehead atoms. The van der Waals surface area contributed by atoms with Crippen molar-refractivity contribution in [1.29, 1.82) is 0 Å². The van der Waals surface area contributed by atoms with Gasteiger partial charge in [-0.2, -0.15) is 0 Å². The maximum absolute atomic E-state index is 10.8. The second kappa shape index (κ2) is 4.57. The molecular formula is C7H9Br2N3O. The van der Waals surface area contributed by atoms with E-state index in [1.165, 1.54) is 6.20 Å². The second-order valence-corrected chi connectivity index (χ2v) is 2.50. The number of amides is 1. The number of carbonyl (C=O) groups is 1. The number of aromatic nitrogens is 1. The average Bonchev–Trinajstić information content (AvgIpc) is 2.27. The normalized spacial score (nSPS) is 12.2. The third-order valence-corrected chi connectivity index (χ3v) is 1.60. The summed E-state index contributed by atoms with van der Waals surface area (Å²) < 4.78 is 0. The highest BCUT2D eigenvalue weighted by atomic mass is 79.9. The van der Waals surface area contributed by atoms with Gasteiger partial charge in [-0.1, -0.05) is 0 Å². The summed E-state index contributed by atoms with van der Waals surface area (Å²) in [6, 6.07) is 1.76. The van der Waals surface area contributed by atoms with Crippen LogP contribution in [0.1, 0.15) is 5.56 Å². The van der Waals surface area contributed by atoms with Crippen LogP contribution < -0.4 is 11.1 Å². The van der Waals surface area contributed by atoms with Gasteiger partial charge in [0.25, 0.3) is 0 Å². The summed E-state index contributed by atoms with van der Waals surface area (Å²) in [5.41, 5.74) is 6.96. The number of halogens is 2. The van der Waals surface area contributed by atoms with E-state index in [1.54, 1.807) is 6.07 Å². The summed E-state index contributed by atoms with van der Waals surface area (Å²) in [7, 11) is 0. The lowest BCUT2D eigenvalue weighted by Gasteiger charge is -1.96. The molecule has 0 unspecified atom stereocenters. The molecule has 4 nitrogen and oxygen atoms in total. The lowest BCUT2D eigenvalue weighted by Crippen LogP contribution is -2.04. The van der Waals surface area contributed by atoms with Crippen LogP contribution >= 0.6 is 34.0 Å². The molecule has 1 aliphatic rings. The van der Waals surface area contributed by atoms with Crippen LogP contribution in [0.2, 0.25) is 0 Å². The predicted molar refractivity (Wildman–Crippen MR) is 61.6 cm³/mol. The van der Waals surface area contributed by atoms with E-state index in [2.05, 4.69) is 10.3 Å². The van der Waals surface area contributed by atoms with Crippen molar-refractivity contribution in [1.82, 2.24) is 4.98 Å². The molecule has 2 heterocycles. The van der Waals surface area contributed by atoms with E-state index in [9.17, 15) is 4.79 Å².